The van der Waals surface area contributed by atoms with E-state index in [9.17, 15) is 14.4 Å². The average Bonchev–Trinajstić information content (AvgIpc) is 2.67. The predicted octanol–water partition coefficient (Wildman–Crippen LogP) is 1.23. The number of nitrogens with two attached hydrogens (primary N) is 1. The fourth-order valence-corrected chi connectivity index (χ4v) is 2.73. The van der Waals surface area contributed by atoms with E-state index in [2.05, 4.69) is 20.6 Å². The van der Waals surface area contributed by atoms with Crippen molar-refractivity contribution in [1.82, 2.24) is 15.3 Å². The van der Waals surface area contributed by atoms with E-state index in [4.69, 9.17) is 10.5 Å². The number of nitrogens with zero attached hydrogens (tertiary/aromatic N) is 1. The van der Waals surface area contributed by atoms with E-state index in [1.165, 1.54) is 7.11 Å². The fraction of sp³-hybridized carbons (Fsp3) is 0.294. The van der Waals surface area contributed by atoms with Crippen LogP contribution in [0.5, 0.6) is 5.75 Å². The van der Waals surface area contributed by atoms with Gasteiger partial charge in [0.05, 0.1) is 12.9 Å². The Morgan fingerprint density at radius 1 is 1.30 bits per heavy atom. The zero-order valence-electron chi connectivity index (χ0n) is 15.0. The molecule has 5 N–H and O–H groups in total. The Kier molecular flexibility index (Phi) is 7.24. The van der Waals surface area contributed by atoms with Gasteiger partial charge >= 0.3 is 0 Å². The minimum atomic E-state index is -0.596. The van der Waals surface area contributed by atoms with Gasteiger partial charge in [0, 0.05) is 12.1 Å². The molecule has 0 aliphatic carbocycles. The number of carbonyl (C=O) groups excluding carboxylic acids is 2. The van der Waals surface area contributed by atoms with Crippen LogP contribution in [-0.4, -0.2) is 41.2 Å². The van der Waals surface area contributed by atoms with Crippen LogP contribution in [0.25, 0.3) is 0 Å². The van der Waals surface area contributed by atoms with Gasteiger partial charge in [-0.15, -0.1) is 0 Å². The third kappa shape index (κ3) is 5.74. The number of hydrogen-bond acceptors (Lipinski definition) is 7. The van der Waals surface area contributed by atoms with Gasteiger partial charge in [0.15, 0.2) is 11.0 Å². The maximum absolute atomic E-state index is 12.3. The van der Waals surface area contributed by atoms with Crippen molar-refractivity contribution >= 4 is 35.1 Å². The lowest BCUT2D eigenvalue weighted by Gasteiger charge is -2.09. The van der Waals surface area contributed by atoms with Gasteiger partial charge in [-0.25, -0.2) is 4.98 Å². The molecule has 0 aliphatic rings. The number of anilines is 2. The monoisotopic (exact) mass is 391 g/mol. The molecule has 2 amide bonds. The highest BCUT2D eigenvalue weighted by molar-refractivity contribution is 7.99. The molecule has 0 saturated carbocycles. The molecule has 1 aromatic carbocycles. The third-order valence-corrected chi connectivity index (χ3v) is 4.30. The number of methoxy groups -OCH3 is 1. The zero-order valence-corrected chi connectivity index (χ0v) is 15.8. The Labute approximate surface area is 160 Å². The topological polar surface area (TPSA) is 139 Å². The van der Waals surface area contributed by atoms with Gasteiger partial charge in [0.1, 0.15) is 11.4 Å². The van der Waals surface area contributed by atoms with Crippen LogP contribution < -0.4 is 26.7 Å². The summed E-state index contributed by atoms with van der Waals surface area (Å²) in [5.41, 5.74) is 5.40. The molecule has 0 unspecified atom stereocenters. The van der Waals surface area contributed by atoms with Gasteiger partial charge < -0.3 is 21.1 Å². The molecule has 0 atom stereocenters. The second-order valence-corrected chi connectivity index (χ2v) is 6.42. The first-order chi connectivity index (χ1) is 12.9. The number of ether oxygens (including phenoxy) is 1. The van der Waals surface area contributed by atoms with Crippen molar-refractivity contribution in [2.45, 2.75) is 18.5 Å². The number of H-pyrrole nitrogens is 1. The number of benzene rings is 1. The van der Waals surface area contributed by atoms with Crippen molar-refractivity contribution in [3.8, 4) is 5.75 Å². The SMILES string of the molecule is CCCNC(=O)CSc1nc(N)c(NC(=O)c2ccc(OC)cc2)c(=O)[nH]1. The molecule has 0 bridgehead atoms. The van der Waals surface area contributed by atoms with Crippen LogP contribution in [0.1, 0.15) is 23.7 Å². The Balaban J connectivity index is 2.06. The number of carbonyl (C=O) groups is 2. The van der Waals surface area contributed by atoms with Crippen molar-refractivity contribution in [2.24, 2.45) is 0 Å². The van der Waals surface area contributed by atoms with Gasteiger partial charge in [-0.1, -0.05) is 18.7 Å². The van der Waals surface area contributed by atoms with E-state index < -0.39 is 11.5 Å². The summed E-state index contributed by atoms with van der Waals surface area (Å²) in [6.45, 7) is 2.54. The summed E-state index contributed by atoms with van der Waals surface area (Å²) >= 11 is 1.05. The third-order valence-electron chi connectivity index (χ3n) is 3.43. The summed E-state index contributed by atoms with van der Waals surface area (Å²) in [5, 5.41) is 5.37. The van der Waals surface area contributed by atoms with Gasteiger partial charge in [-0.2, -0.15) is 0 Å². The number of thioether (sulfide) groups is 1. The Morgan fingerprint density at radius 2 is 2.00 bits per heavy atom. The Bertz CT molecular complexity index is 867. The van der Waals surface area contributed by atoms with Crippen molar-refractivity contribution in [3.05, 3.63) is 40.2 Å². The molecule has 0 spiro atoms. The Morgan fingerprint density at radius 3 is 2.59 bits per heavy atom. The van der Waals surface area contributed by atoms with Crippen molar-refractivity contribution < 1.29 is 14.3 Å². The number of aromatic amines is 1. The van der Waals surface area contributed by atoms with E-state index in [0.29, 0.717) is 17.9 Å². The molecule has 2 aromatic rings. The largest absolute Gasteiger partial charge is 0.497 e. The number of nitrogen functional groups attached to an aromatic ring is 1. The highest BCUT2D eigenvalue weighted by atomic mass is 32.2. The summed E-state index contributed by atoms with van der Waals surface area (Å²) < 4.78 is 5.03. The normalized spacial score (nSPS) is 10.3. The fourth-order valence-electron chi connectivity index (χ4n) is 2.04. The molecule has 0 aliphatic heterocycles. The summed E-state index contributed by atoms with van der Waals surface area (Å²) in [4.78, 5) is 42.6. The average molecular weight is 391 g/mol. The smallest absolute Gasteiger partial charge is 0.277 e. The maximum atomic E-state index is 12.3. The van der Waals surface area contributed by atoms with Crippen LogP contribution in [0, 0.1) is 0 Å². The second-order valence-electron chi connectivity index (χ2n) is 5.45. The molecule has 27 heavy (non-hydrogen) atoms. The molecule has 1 heterocycles. The molecular formula is C17H21N5O4S. The zero-order chi connectivity index (χ0) is 19.8. The summed E-state index contributed by atoms with van der Waals surface area (Å²) in [5.74, 6) is -0.0945. The quantitative estimate of drug-likeness (QED) is 0.392. The van der Waals surface area contributed by atoms with Crippen LogP contribution >= 0.6 is 11.8 Å². The number of rotatable bonds is 8. The van der Waals surface area contributed by atoms with Crippen molar-refractivity contribution in [3.63, 3.8) is 0 Å². The van der Waals surface area contributed by atoms with Crippen molar-refractivity contribution in [1.29, 1.82) is 0 Å². The molecule has 9 nitrogen and oxygen atoms in total. The number of nitrogens with one attached hydrogen (secondary N) is 3. The van der Waals surface area contributed by atoms with Crippen molar-refractivity contribution in [2.75, 3.05) is 30.5 Å². The standard InChI is InChI=1S/C17H21N5O4S/c1-3-8-19-12(23)9-27-17-21-14(18)13(16(25)22-17)20-15(24)10-4-6-11(26-2)7-5-10/h4-7H,3,8-9H2,1-2H3,(H,19,23)(H,20,24)(H3,18,21,22,25). The van der Waals surface area contributed by atoms with E-state index in [0.717, 1.165) is 18.2 Å². The lowest BCUT2D eigenvalue weighted by atomic mass is 10.2. The lowest BCUT2D eigenvalue weighted by molar-refractivity contribution is -0.118. The minimum absolute atomic E-state index is 0.0972. The molecule has 0 fully saturated rings. The van der Waals surface area contributed by atoms with E-state index in [1.54, 1.807) is 24.3 Å². The van der Waals surface area contributed by atoms with Crippen LogP contribution in [0.15, 0.2) is 34.2 Å². The minimum Gasteiger partial charge on any atom is -0.497 e. The lowest BCUT2D eigenvalue weighted by Crippen LogP contribution is -2.26. The van der Waals surface area contributed by atoms with Gasteiger partial charge in [0.2, 0.25) is 5.91 Å². The molecular weight excluding hydrogens is 370 g/mol. The summed E-state index contributed by atoms with van der Waals surface area (Å²) in [6, 6.07) is 6.38. The first-order valence-corrected chi connectivity index (χ1v) is 9.17. The van der Waals surface area contributed by atoms with Gasteiger partial charge in [-0.05, 0) is 30.7 Å². The number of amides is 2. The number of hydrogen-bond donors (Lipinski definition) is 4. The van der Waals surface area contributed by atoms with E-state index in [-0.39, 0.29) is 28.3 Å². The Hall–Kier alpha value is -3.01. The van der Waals surface area contributed by atoms with Crippen LogP contribution in [-0.2, 0) is 4.79 Å². The highest BCUT2D eigenvalue weighted by Crippen LogP contribution is 2.18. The van der Waals surface area contributed by atoms with Crippen LogP contribution in [0.2, 0.25) is 0 Å². The highest BCUT2D eigenvalue weighted by Gasteiger charge is 2.14. The van der Waals surface area contributed by atoms with Crippen LogP contribution in [0.4, 0.5) is 11.5 Å². The van der Waals surface area contributed by atoms with E-state index in [1.807, 2.05) is 6.92 Å². The predicted molar refractivity (Wildman–Crippen MR) is 104 cm³/mol. The molecule has 2 rings (SSSR count). The van der Waals surface area contributed by atoms with Gasteiger partial charge in [-0.3, -0.25) is 19.4 Å². The van der Waals surface area contributed by atoms with Gasteiger partial charge in [0.25, 0.3) is 11.5 Å². The summed E-state index contributed by atoms with van der Waals surface area (Å²) in [7, 11) is 1.52. The number of aromatic nitrogens is 2. The molecule has 0 radical (unpaired) electrons. The second kappa shape index (κ2) is 9.62. The van der Waals surface area contributed by atoms with Crippen LogP contribution in [0.3, 0.4) is 0 Å². The molecule has 10 heteroatoms. The first kappa shape index (κ1) is 20.3. The molecule has 0 saturated heterocycles. The molecule has 1 aromatic heterocycles. The maximum Gasteiger partial charge on any atom is 0.277 e. The molecule has 144 valence electrons. The van der Waals surface area contributed by atoms with E-state index >= 15 is 0 Å². The first-order valence-electron chi connectivity index (χ1n) is 8.19. The summed E-state index contributed by atoms with van der Waals surface area (Å²) in [6.07, 6.45) is 0.834.